The molecule has 1 aromatic rings. The zero-order valence-corrected chi connectivity index (χ0v) is 11.5. The molecular formula is C14H17NO5. The Morgan fingerprint density at radius 2 is 2.20 bits per heavy atom. The van der Waals surface area contributed by atoms with Crippen LogP contribution in [0.25, 0.3) is 0 Å². The molecule has 108 valence electrons. The van der Waals surface area contributed by atoms with Gasteiger partial charge in [0, 0.05) is 12.1 Å². The molecule has 0 spiro atoms. The summed E-state index contributed by atoms with van der Waals surface area (Å²) in [5.74, 6) is -0.652. The van der Waals surface area contributed by atoms with Crippen molar-refractivity contribution in [1.82, 2.24) is 4.90 Å². The predicted molar refractivity (Wildman–Crippen MR) is 70.5 cm³/mol. The lowest BCUT2D eigenvalue weighted by molar-refractivity contribution is -0.158. The number of carbonyl (C=O) groups is 2. The first-order valence-corrected chi connectivity index (χ1v) is 6.31. The van der Waals surface area contributed by atoms with Crippen LogP contribution in [0.5, 0.6) is 5.75 Å². The van der Waals surface area contributed by atoms with Gasteiger partial charge in [0.25, 0.3) is 5.91 Å². The zero-order chi connectivity index (χ0) is 14.7. The molecule has 1 aromatic carbocycles. The number of carbonyl (C=O) groups excluding carboxylic acids is 2. The van der Waals surface area contributed by atoms with Crippen LogP contribution in [0.4, 0.5) is 0 Å². The highest BCUT2D eigenvalue weighted by molar-refractivity contribution is 5.95. The van der Waals surface area contributed by atoms with E-state index in [0.717, 1.165) is 0 Å². The van der Waals surface area contributed by atoms with Crippen LogP contribution in [0, 0.1) is 6.92 Å². The van der Waals surface area contributed by atoms with E-state index in [-0.39, 0.29) is 24.8 Å². The lowest BCUT2D eigenvalue weighted by Gasteiger charge is -2.31. The maximum Gasteiger partial charge on any atom is 0.336 e. The van der Waals surface area contributed by atoms with Crippen LogP contribution in [0.1, 0.15) is 15.9 Å². The summed E-state index contributed by atoms with van der Waals surface area (Å²) in [6, 6.07) is 4.76. The van der Waals surface area contributed by atoms with Gasteiger partial charge in [-0.2, -0.15) is 0 Å². The van der Waals surface area contributed by atoms with Gasteiger partial charge in [-0.15, -0.1) is 0 Å². The van der Waals surface area contributed by atoms with Crippen molar-refractivity contribution >= 4 is 11.9 Å². The normalized spacial score (nSPS) is 18.7. The second kappa shape index (κ2) is 5.92. The Morgan fingerprint density at radius 3 is 2.85 bits per heavy atom. The van der Waals surface area contributed by atoms with Gasteiger partial charge in [-0.1, -0.05) is 6.07 Å². The molecule has 1 unspecified atom stereocenters. The van der Waals surface area contributed by atoms with E-state index in [1.807, 2.05) is 0 Å². The van der Waals surface area contributed by atoms with Crippen LogP contribution < -0.4 is 0 Å². The fourth-order valence-electron chi connectivity index (χ4n) is 2.03. The molecule has 0 saturated carbocycles. The van der Waals surface area contributed by atoms with Gasteiger partial charge in [0.05, 0.1) is 20.3 Å². The van der Waals surface area contributed by atoms with E-state index < -0.39 is 12.1 Å². The summed E-state index contributed by atoms with van der Waals surface area (Å²) in [4.78, 5) is 25.3. The van der Waals surface area contributed by atoms with Crippen LogP contribution in [0.3, 0.4) is 0 Å². The van der Waals surface area contributed by atoms with E-state index >= 15 is 0 Å². The Kier molecular flexibility index (Phi) is 4.24. The van der Waals surface area contributed by atoms with Crippen LogP contribution in [-0.2, 0) is 14.3 Å². The number of benzene rings is 1. The number of methoxy groups -OCH3 is 1. The van der Waals surface area contributed by atoms with Gasteiger partial charge < -0.3 is 19.5 Å². The molecule has 1 atom stereocenters. The van der Waals surface area contributed by atoms with E-state index in [1.165, 1.54) is 18.1 Å². The van der Waals surface area contributed by atoms with Crippen LogP contribution in [0.15, 0.2) is 18.2 Å². The minimum Gasteiger partial charge on any atom is -0.508 e. The van der Waals surface area contributed by atoms with Crippen LogP contribution in [0.2, 0.25) is 0 Å². The maximum atomic E-state index is 12.3. The number of nitrogens with zero attached hydrogens (tertiary/aromatic N) is 1. The summed E-state index contributed by atoms with van der Waals surface area (Å²) in [7, 11) is 1.28. The summed E-state index contributed by atoms with van der Waals surface area (Å²) in [5, 5.41) is 9.66. The summed E-state index contributed by atoms with van der Waals surface area (Å²) in [5.41, 5.74) is 1.09. The second-order valence-corrected chi connectivity index (χ2v) is 4.64. The van der Waals surface area contributed by atoms with Gasteiger partial charge in [-0.25, -0.2) is 4.79 Å². The van der Waals surface area contributed by atoms with E-state index in [0.29, 0.717) is 17.7 Å². The Morgan fingerprint density at radius 1 is 1.45 bits per heavy atom. The third-order valence-corrected chi connectivity index (χ3v) is 3.27. The van der Waals surface area contributed by atoms with Crippen molar-refractivity contribution in [3.05, 3.63) is 29.3 Å². The maximum absolute atomic E-state index is 12.3. The Bertz CT molecular complexity index is 528. The molecule has 20 heavy (non-hydrogen) atoms. The average Bonchev–Trinajstić information content (AvgIpc) is 2.48. The molecule has 1 aliphatic rings. The molecular weight excluding hydrogens is 262 g/mol. The highest BCUT2D eigenvalue weighted by atomic mass is 16.6. The minimum absolute atomic E-state index is 0.0774. The third kappa shape index (κ3) is 2.91. The smallest absolute Gasteiger partial charge is 0.336 e. The Balaban J connectivity index is 2.12. The monoisotopic (exact) mass is 279 g/mol. The molecule has 1 saturated heterocycles. The lowest BCUT2D eigenvalue weighted by atomic mass is 10.1. The molecule has 0 aliphatic carbocycles. The number of esters is 1. The van der Waals surface area contributed by atoms with E-state index in [9.17, 15) is 14.7 Å². The zero-order valence-electron chi connectivity index (χ0n) is 11.5. The first-order chi connectivity index (χ1) is 9.52. The highest BCUT2D eigenvalue weighted by Gasteiger charge is 2.30. The highest BCUT2D eigenvalue weighted by Crippen LogP contribution is 2.19. The number of phenolic OH excluding ortho intramolecular Hbond substituents is 1. The number of rotatable bonds is 2. The van der Waals surface area contributed by atoms with Crippen molar-refractivity contribution in [2.75, 3.05) is 26.8 Å². The van der Waals surface area contributed by atoms with Gasteiger partial charge in [0.1, 0.15) is 5.75 Å². The van der Waals surface area contributed by atoms with Gasteiger partial charge in [0.2, 0.25) is 0 Å². The van der Waals surface area contributed by atoms with Crippen molar-refractivity contribution in [1.29, 1.82) is 0 Å². The third-order valence-electron chi connectivity index (χ3n) is 3.27. The Labute approximate surface area is 116 Å². The number of phenols is 1. The summed E-state index contributed by atoms with van der Waals surface area (Å²) in [6.45, 7) is 2.59. The standard InChI is InChI=1S/C14H17NO5/c1-9-3-4-10(7-11(9)16)13(17)15-5-6-20-12(8-15)14(18)19-2/h3-4,7,12,16H,5-6,8H2,1-2H3. The molecule has 6 heteroatoms. The molecule has 1 amide bonds. The van der Waals surface area contributed by atoms with E-state index in [1.54, 1.807) is 19.1 Å². The first kappa shape index (κ1) is 14.3. The largest absolute Gasteiger partial charge is 0.508 e. The molecule has 1 N–H and O–H groups in total. The van der Waals surface area contributed by atoms with Crippen LogP contribution >= 0.6 is 0 Å². The van der Waals surface area contributed by atoms with Crippen molar-refractivity contribution in [2.24, 2.45) is 0 Å². The van der Waals surface area contributed by atoms with Gasteiger partial charge >= 0.3 is 5.97 Å². The first-order valence-electron chi connectivity index (χ1n) is 6.31. The number of aromatic hydroxyl groups is 1. The molecule has 6 nitrogen and oxygen atoms in total. The average molecular weight is 279 g/mol. The van der Waals surface area contributed by atoms with E-state index in [4.69, 9.17) is 4.74 Å². The summed E-state index contributed by atoms with van der Waals surface area (Å²) in [6.07, 6.45) is -0.753. The topological polar surface area (TPSA) is 76.1 Å². The molecule has 1 aliphatic heterocycles. The number of amides is 1. The SMILES string of the molecule is COC(=O)C1CN(C(=O)c2ccc(C)c(O)c2)CCO1. The number of hydrogen-bond donors (Lipinski definition) is 1. The molecule has 2 rings (SSSR count). The minimum atomic E-state index is -0.753. The van der Waals surface area contributed by atoms with Crippen LogP contribution in [-0.4, -0.2) is 54.8 Å². The number of aryl methyl sites for hydroxylation is 1. The second-order valence-electron chi connectivity index (χ2n) is 4.64. The number of hydrogen-bond acceptors (Lipinski definition) is 5. The van der Waals surface area contributed by atoms with Crippen molar-refractivity contribution in [3.8, 4) is 5.75 Å². The molecule has 0 radical (unpaired) electrons. The molecule has 1 fully saturated rings. The lowest BCUT2D eigenvalue weighted by Crippen LogP contribution is -2.48. The quantitative estimate of drug-likeness (QED) is 0.807. The predicted octanol–water partition coefficient (Wildman–Crippen LogP) is 0.715. The van der Waals surface area contributed by atoms with Gasteiger partial charge in [0.15, 0.2) is 6.10 Å². The van der Waals surface area contributed by atoms with Crippen molar-refractivity contribution in [2.45, 2.75) is 13.0 Å². The number of ether oxygens (including phenoxy) is 2. The fourth-order valence-corrected chi connectivity index (χ4v) is 2.03. The fraction of sp³-hybridized carbons (Fsp3) is 0.429. The molecule has 0 bridgehead atoms. The molecule has 1 heterocycles. The number of morpholine rings is 1. The van der Waals surface area contributed by atoms with Gasteiger partial charge in [-0.05, 0) is 24.6 Å². The van der Waals surface area contributed by atoms with Gasteiger partial charge in [-0.3, -0.25) is 4.79 Å². The molecule has 0 aromatic heterocycles. The summed E-state index contributed by atoms with van der Waals surface area (Å²) >= 11 is 0. The Hall–Kier alpha value is -2.08. The van der Waals surface area contributed by atoms with Crippen molar-refractivity contribution in [3.63, 3.8) is 0 Å². The summed E-state index contributed by atoms with van der Waals surface area (Å²) < 4.78 is 9.89. The van der Waals surface area contributed by atoms with E-state index in [2.05, 4.69) is 4.74 Å². The van der Waals surface area contributed by atoms with Crippen molar-refractivity contribution < 1.29 is 24.2 Å².